The Morgan fingerprint density at radius 3 is 2.47 bits per heavy atom. The summed E-state index contributed by atoms with van der Waals surface area (Å²) in [6, 6.07) is 4.07. The lowest BCUT2D eigenvalue weighted by Gasteiger charge is -2.27. The molecule has 0 radical (unpaired) electrons. The van der Waals surface area contributed by atoms with E-state index in [4.69, 9.17) is 5.11 Å². The van der Waals surface area contributed by atoms with Gasteiger partial charge >= 0.3 is 11.7 Å². The van der Waals surface area contributed by atoms with Crippen LogP contribution in [0.2, 0.25) is 0 Å². The maximum absolute atomic E-state index is 11.1. The number of nitro groups is 1. The van der Waals surface area contributed by atoms with Crippen molar-refractivity contribution in [1.29, 1.82) is 0 Å². The number of likely N-dealkylation sites (N-methyl/N-ethyl adjacent to an activating group) is 1. The smallest absolute Gasteiger partial charge is 0.342 e. The molecule has 7 nitrogen and oxygen atoms in total. The summed E-state index contributed by atoms with van der Waals surface area (Å²) in [4.78, 5) is 22.8. The average molecular weight is 268 g/mol. The van der Waals surface area contributed by atoms with E-state index < -0.39 is 22.2 Å². The highest BCUT2D eigenvalue weighted by Crippen LogP contribution is 2.31. The topological polar surface area (TPSA) is 104 Å². The van der Waals surface area contributed by atoms with Gasteiger partial charge in [-0.05, 0) is 26.0 Å². The Kier molecular flexibility index (Phi) is 4.10. The number of carbonyl (C=O) groups is 1. The number of para-hydroxylation sites is 1. The van der Waals surface area contributed by atoms with E-state index in [2.05, 4.69) is 0 Å². The van der Waals surface area contributed by atoms with Crippen LogP contribution in [-0.2, 0) is 0 Å². The number of benzene rings is 1. The zero-order valence-corrected chi connectivity index (χ0v) is 11.0. The van der Waals surface area contributed by atoms with Gasteiger partial charge in [-0.25, -0.2) is 4.79 Å². The second-order valence-electron chi connectivity index (χ2n) is 4.90. The number of aromatic carboxylic acids is 1. The summed E-state index contributed by atoms with van der Waals surface area (Å²) in [6.45, 7) is 3.27. The number of carboxylic acids is 1. The Bertz CT molecular complexity index is 507. The molecule has 0 aliphatic carbocycles. The van der Waals surface area contributed by atoms with Crippen LogP contribution < -0.4 is 4.90 Å². The van der Waals surface area contributed by atoms with Gasteiger partial charge in [0.1, 0.15) is 11.3 Å². The van der Waals surface area contributed by atoms with Gasteiger partial charge in [0.05, 0.1) is 10.5 Å². The lowest BCUT2D eigenvalue weighted by molar-refractivity contribution is -0.384. The summed E-state index contributed by atoms with van der Waals surface area (Å²) in [5, 5.41) is 29.8. The van der Waals surface area contributed by atoms with Gasteiger partial charge in [0, 0.05) is 13.6 Å². The standard InChI is InChI=1S/C12H16N2O5/c1-12(2,17)7-13(3)9-6-4-5-8(11(15)16)10(9)14(18)19/h4-6,17H,7H2,1-3H3,(H,15,16). The first-order valence-electron chi connectivity index (χ1n) is 5.57. The zero-order chi connectivity index (χ0) is 14.8. The minimum Gasteiger partial charge on any atom is -0.477 e. The van der Waals surface area contributed by atoms with E-state index in [0.717, 1.165) is 0 Å². The van der Waals surface area contributed by atoms with Gasteiger partial charge < -0.3 is 15.1 Å². The lowest BCUT2D eigenvalue weighted by atomic mass is 10.1. The van der Waals surface area contributed by atoms with Crippen LogP contribution in [0.15, 0.2) is 18.2 Å². The van der Waals surface area contributed by atoms with Crippen molar-refractivity contribution in [3.8, 4) is 0 Å². The first kappa shape index (κ1) is 14.9. The number of hydrogen-bond acceptors (Lipinski definition) is 5. The molecule has 0 atom stereocenters. The molecule has 2 N–H and O–H groups in total. The normalized spacial score (nSPS) is 11.2. The van der Waals surface area contributed by atoms with E-state index in [1.54, 1.807) is 20.9 Å². The van der Waals surface area contributed by atoms with E-state index in [1.165, 1.54) is 23.1 Å². The summed E-state index contributed by atoms with van der Waals surface area (Å²) in [6.07, 6.45) is 0. The first-order chi connectivity index (χ1) is 8.63. The van der Waals surface area contributed by atoms with Crippen molar-refractivity contribution in [2.75, 3.05) is 18.5 Å². The van der Waals surface area contributed by atoms with E-state index in [0.29, 0.717) is 0 Å². The highest BCUT2D eigenvalue weighted by molar-refractivity contribution is 5.95. The molecular formula is C12H16N2O5. The molecule has 0 spiro atoms. The van der Waals surface area contributed by atoms with E-state index in [1.807, 2.05) is 0 Å². The molecule has 0 fully saturated rings. The van der Waals surface area contributed by atoms with Gasteiger partial charge in [0.15, 0.2) is 0 Å². The van der Waals surface area contributed by atoms with E-state index in [-0.39, 0.29) is 17.8 Å². The van der Waals surface area contributed by atoms with Crippen LogP contribution in [0.4, 0.5) is 11.4 Å². The number of carboxylic acid groups (broad SMARTS) is 1. The van der Waals surface area contributed by atoms with Crippen molar-refractivity contribution in [3.05, 3.63) is 33.9 Å². The summed E-state index contributed by atoms with van der Waals surface area (Å²) in [7, 11) is 1.56. The van der Waals surface area contributed by atoms with E-state index >= 15 is 0 Å². The maximum atomic E-state index is 11.1. The van der Waals surface area contributed by atoms with Gasteiger partial charge in [-0.2, -0.15) is 0 Å². The van der Waals surface area contributed by atoms with Crippen LogP contribution in [0.3, 0.4) is 0 Å². The third kappa shape index (κ3) is 3.65. The minimum absolute atomic E-state index is 0.136. The quantitative estimate of drug-likeness (QED) is 0.619. The fourth-order valence-corrected chi connectivity index (χ4v) is 1.87. The molecule has 19 heavy (non-hydrogen) atoms. The number of aliphatic hydroxyl groups is 1. The van der Waals surface area contributed by atoms with Gasteiger partial charge in [-0.3, -0.25) is 10.1 Å². The highest BCUT2D eigenvalue weighted by Gasteiger charge is 2.27. The fourth-order valence-electron chi connectivity index (χ4n) is 1.87. The van der Waals surface area contributed by atoms with Crippen molar-refractivity contribution in [1.82, 2.24) is 0 Å². The molecule has 0 saturated carbocycles. The van der Waals surface area contributed by atoms with Crippen molar-refractivity contribution >= 4 is 17.3 Å². The van der Waals surface area contributed by atoms with Crippen molar-refractivity contribution in [2.24, 2.45) is 0 Å². The second kappa shape index (κ2) is 5.23. The maximum Gasteiger partial charge on any atom is 0.342 e. The molecule has 0 bridgehead atoms. The van der Waals surface area contributed by atoms with Gasteiger partial charge in [-0.1, -0.05) is 6.07 Å². The fraction of sp³-hybridized carbons (Fsp3) is 0.417. The zero-order valence-electron chi connectivity index (χ0n) is 11.0. The summed E-state index contributed by atoms with van der Waals surface area (Å²) in [5.41, 5.74) is -1.74. The number of hydrogen-bond donors (Lipinski definition) is 2. The van der Waals surface area contributed by atoms with Gasteiger partial charge in [-0.15, -0.1) is 0 Å². The van der Waals surface area contributed by atoms with Gasteiger partial charge in [0.25, 0.3) is 0 Å². The molecule has 0 aromatic heterocycles. The third-order valence-corrected chi connectivity index (χ3v) is 2.46. The Labute approximate surface area is 110 Å². The molecule has 0 amide bonds. The monoisotopic (exact) mass is 268 g/mol. The number of anilines is 1. The Morgan fingerprint density at radius 2 is 2.05 bits per heavy atom. The number of rotatable bonds is 5. The molecule has 1 aromatic carbocycles. The first-order valence-corrected chi connectivity index (χ1v) is 5.57. The van der Waals surface area contributed by atoms with Crippen LogP contribution in [0.25, 0.3) is 0 Å². The van der Waals surface area contributed by atoms with Crippen LogP contribution in [0.5, 0.6) is 0 Å². The predicted octanol–water partition coefficient (Wildman–Crippen LogP) is 1.50. The third-order valence-electron chi connectivity index (χ3n) is 2.46. The number of nitro benzene ring substituents is 1. The molecule has 0 saturated heterocycles. The molecule has 0 heterocycles. The van der Waals surface area contributed by atoms with E-state index in [9.17, 15) is 20.0 Å². The van der Waals surface area contributed by atoms with Crippen LogP contribution in [0, 0.1) is 10.1 Å². The molecule has 104 valence electrons. The Balaban J connectivity index is 3.31. The summed E-state index contributed by atoms with van der Waals surface area (Å²) in [5.74, 6) is -1.36. The van der Waals surface area contributed by atoms with Crippen molar-refractivity contribution < 1.29 is 19.9 Å². The average Bonchev–Trinajstić information content (AvgIpc) is 2.25. The second-order valence-corrected chi connectivity index (χ2v) is 4.90. The Morgan fingerprint density at radius 1 is 1.47 bits per heavy atom. The van der Waals surface area contributed by atoms with Gasteiger partial charge in [0.2, 0.25) is 0 Å². The predicted molar refractivity (Wildman–Crippen MR) is 69.6 cm³/mol. The molecule has 0 aliphatic heterocycles. The molecule has 0 aliphatic rings. The molecular weight excluding hydrogens is 252 g/mol. The SMILES string of the molecule is CN(CC(C)(C)O)c1cccc(C(=O)O)c1[N+](=O)[O-]. The summed E-state index contributed by atoms with van der Waals surface area (Å²) < 4.78 is 0. The molecule has 1 rings (SSSR count). The van der Waals surface area contributed by atoms with Crippen LogP contribution in [-0.4, -0.2) is 40.3 Å². The molecule has 7 heteroatoms. The largest absolute Gasteiger partial charge is 0.477 e. The summed E-state index contributed by atoms with van der Waals surface area (Å²) >= 11 is 0. The minimum atomic E-state index is -1.36. The van der Waals surface area contributed by atoms with Crippen LogP contribution >= 0.6 is 0 Å². The van der Waals surface area contributed by atoms with Crippen LogP contribution in [0.1, 0.15) is 24.2 Å². The van der Waals surface area contributed by atoms with Crippen molar-refractivity contribution in [2.45, 2.75) is 19.4 Å². The number of nitrogens with zero attached hydrogens (tertiary/aromatic N) is 2. The van der Waals surface area contributed by atoms with Crippen molar-refractivity contribution in [3.63, 3.8) is 0 Å². The highest BCUT2D eigenvalue weighted by atomic mass is 16.6. The Hall–Kier alpha value is -2.15. The molecule has 1 aromatic rings. The molecule has 0 unspecified atom stereocenters. The lowest BCUT2D eigenvalue weighted by Crippen LogP contribution is -2.36.